The summed E-state index contributed by atoms with van der Waals surface area (Å²) in [6, 6.07) is -1.46. The minimum atomic E-state index is -5.23. The summed E-state index contributed by atoms with van der Waals surface area (Å²) in [6.07, 6.45) is 1.20. The van der Waals surface area contributed by atoms with Gasteiger partial charge in [-0.2, -0.15) is 0 Å². The number of nitrogen functional groups attached to an aromatic ring is 1. The van der Waals surface area contributed by atoms with Crippen LogP contribution in [0.2, 0.25) is 0 Å². The zero-order valence-electron chi connectivity index (χ0n) is 22.5. The quantitative estimate of drug-likeness (QED) is 0.118. The first kappa shape index (κ1) is 29.2. The van der Waals surface area contributed by atoms with Gasteiger partial charge in [-0.25, -0.2) is 0 Å². The molecule has 7 rings (SSSR count). The van der Waals surface area contributed by atoms with E-state index in [-0.39, 0.29) is 48.0 Å². The Balaban J connectivity index is 1.28. The van der Waals surface area contributed by atoms with Crippen LogP contribution in [0.3, 0.4) is 0 Å². The molecule has 0 radical (unpaired) electrons. The molecular formula is C20H27N11O12P2. The van der Waals surface area contributed by atoms with Crippen LogP contribution in [0.1, 0.15) is 5.76 Å². The second-order valence-electron chi connectivity index (χ2n) is 9.82. The van der Waals surface area contributed by atoms with E-state index >= 15 is 0 Å². The average Bonchev–Trinajstić information content (AvgIpc) is 3.72. The molecule has 25 heteroatoms. The number of ether oxygens (including phenoxy) is 1. The Kier molecular flexibility index (Phi) is 6.63. The Morgan fingerprint density at radius 1 is 1.11 bits per heavy atom. The number of rotatable bonds is 2. The van der Waals surface area contributed by atoms with E-state index in [1.165, 1.54) is 4.90 Å². The van der Waals surface area contributed by atoms with Crippen molar-refractivity contribution in [2.75, 3.05) is 24.0 Å². The van der Waals surface area contributed by atoms with Gasteiger partial charge in [-0.15, -0.1) is 0 Å². The third kappa shape index (κ3) is 4.97. The summed E-state index contributed by atoms with van der Waals surface area (Å²) in [6.45, 7) is -0.468. The monoisotopic (exact) mass is 675 g/mol. The van der Waals surface area contributed by atoms with Crippen LogP contribution in [0, 0.1) is 0 Å². The topological polar surface area (TPSA) is 341 Å². The Morgan fingerprint density at radius 2 is 1.91 bits per heavy atom. The number of hydrogen-bond donors (Lipinski definition) is 12. The van der Waals surface area contributed by atoms with Gasteiger partial charge in [0, 0.05) is 0 Å². The first-order valence-electron chi connectivity index (χ1n) is 12.8. The molecule has 7 heterocycles. The number of aromatic hydroxyl groups is 1. The molecule has 45 heavy (non-hydrogen) atoms. The molecule has 1 unspecified atom stereocenters. The van der Waals surface area contributed by atoms with Gasteiger partial charge in [0.2, 0.25) is 0 Å². The Bertz CT molecular complexity index is 1870. The number of furan rings is 1. The molecule has 0 aromatic carbocycles. The predicted octanol–water partition coefficient (Wildman–Crippen LogP) is -3.27. The van der Waals surface area contributed by atoms with E-state index in [0.717, 1.165) is 10.9 Å². The molecule has 0 amide bonds. The molecule has 23 nitrogen and oxygen atoms in total. The summed E-state index contributed by atoms with van der Waals surface area (Å²) in [4.78, 5) is 67.1. The molecule has 244 valence electrons. The van der Waals surface area contributed by atoms with Crippen molar-refractivity contribution in [3.63, 3.8) is 0 Å². The number of hydrogen-bond acceptors (Lipinski definition) is 21. The van der Waals surface area contributed by atoms with E-state index in [1.54, 1.807) is 0 Å². The van der Waals surface area contributed by atoms with Gasteiger partial charge in [-0.05, 0) is 0 Å². The number of aromatic amines is 1. The van der Waals surface area contributed by atoms with Gasteiger partial charge >= 0.3 is 250 Å². The average molecular weight is 675 g/mol. The number of H-pyrrole nitrogens is 1. The first-order chi connectivity index (χ1) is 21.3. The summed E-state index contributed by atoms with van der Waals surface area (Å²) in [5.74, 6) is -3.02. The Hall–Kier alpha value is -4.57. The van der Waals surface area contributed by atoms with Crippen molar-refractivity contribution in [3.8, 4) is 11.5 Å². The molecule has 0 spiro atoms. The summed E-state index contributed by atoms with van der Waals surface area (Å²) in [5, 5.41) is 20.1. The second-order valence-corrected chi connectivity index (χ2v) is 12.9. The van der Waals surface area contributed by atoms with E-state index < -0.39 is 63.7 Å². The van der Waals surface area contributed by atoms with Crippen LogP contribution < -0.4 is 48.1 Å². The van der Waals surface area contributed by atoms with Crippen LogP contribution in [0.25, 0.3) is 17.0 Å². The molecule has 4 aliphatic heterocycles. The molecule has 0 saturated carbocycles. The molecular weight excluding hydrogens is 648 g/mol. The Morgan fingerprint density at radius 3 is 2.71 bits per heavy atom. The van der Waals surface area contributed by atoms with Crippen LogP contribution in [0.4, 0.5) is 11.8 Å². The maximum atomic E-state index is 12.3. The van der Waals surface area contributed by atoms with E-state index in [2.05, 4.69) is 30.9 Å². The molecule has 15 N–H and O–H groups in total. The van der Waals surface area contributed by atoms with Gasteiger partial charge in [0.15, 0.2) is 0 Å². The molecule has 2 atom stereocenters. The van der Waals surface area contributed by atoms with E-state index in [0.29, 0.717) is 17.8 Å². The molecule has 0 aliphatic carbocycles. The van der Waals surface area contributed by atoms with Crippen LogP contribution in [-0.2, 0) is 24.9 Å². The molecule has 2 bridgehead atoms. The van der Waals surface area contributed by atoms with Gasteiger partial charge in [0.1, 0.15) is 0 Å². The van der Waals surface area contributed by atoms with Gasteiger partial charge in [-0.1, -0.05) is 0 Å². The number of nitrogens with one attached hydrogen (secondary N) is 4. The van der Waals surface area contributed by atoms with E-state index in [9.17, 15) is 29.5 Å². The fraction of sp³-hybridized carbons (Fsp3) is 0.250. The van der Waals surface area contributed by atoms with Crippen molar-refractivity contribution < 1.29 is 51.9 Å². The third-order valence-corrected chi connectivity index (χ3v) is 8.80. The number of nitrogens with two attached hydrogens (primary N) is 3. The van der Waals surface area contributed by atoms with E-state index in [4.69, 9.17) is 44.5 Å². The summed E-state index contributed by atoms with van der Waals surface area (Å²) >= 11 is 0. The molecule has 3 aromatic heterocycles. The molecule has 4 aliphatic rings. The van der Waals surface area contributed by atoms with Crippen molar-refractivity contribution in [1.82, 2.24) is 35.5 Å². The molecule has 3 aromatic rings. The van der Waals surface area contributed by atoms with Crippen molar-refractivity contribution in [1.29, 1.82) is 0 Å². The zero-order chi connectivity index (χ0) is 31.8. The zero-order valence-corrected chi connectivity index (χ0v) is 24.5. The van der Waals surface area contributed by atoms with Crippen LogP contribution in [0.5, 0.6) is 11.5 Å². The normalized spacial score (nSPS) is 26.6. The molecule has 1 fully saturated rings. The number of fused-ring (bicyclic) bond motifs is 5. The van der Waals surface area contributed by atoms with Crippen LogP contribution in [-0.4, -0.2) is 69.7 Å². The van der Waals surface area contributed by atoms with Gasteiger partial charge in [-0.3, -0.25) is 0 Å². The van der Waals surface area contributed by atoms with Gasteiger partial charge < -0.3 is 0 Å². The second kappa shape index (κ2) is 10.2. The van der Waals surface area contributed by atoms with Crippen LogP contribution >= 0.6 is 16.3 Å². The SMILES string of the molecule is NC1=C2NCN(c3oc4c(c3O)O[PH](O)(O)O/C=C3/OC(n5cnc6c(=O)[nH]c(N)nc65)=C(O[PH](O)(O)OC4)[C@@H]3N)C2NCN1. The molecule has 1 saturated heterocycles. The van der Waals surface area contributed by atoms with Crippen molar-refractivity contribution in [3.05, 3.63) is 51.7 Å². The van der Waals surface area contributed by atoms with Crippen molar-refractivity contribution >= 4 is 45.2 Å². The maximum absolute atomic E-state index is 12.3. The van der Waals surface area contributed by atoms with Crippen molar-refractivity contribution in [2.24, 2.45) is 11.5 Å². The first-order valence-corrected chi connectivity index (χ1v) is 16.3. The third-order valence-electron chi connectivity index (χ3n) is 6.90. The number of anilines is 2. The van der Waals surface area contributed by atoms with Gasteiger partial charge in [0.05, 0.1) is 0 Å². The fourth-order valence-electron chi connectivity index (χ4n) is 4.89. The minimum absolute atomic E-state index is 0.0862. The standard InChI is InChI=1S/C20H27N11O12P2/c21-8-6-1-38-44(34,35)42-12-7(41-18(11(12)32)30-4-26-9-14(22)24-3-25-15(9)30)2-39-45(36,37)43-13(8)19(40-6)31-5-27-10-16(31)28-20(23)29-17(10)33/h1,5,8,15,24-26,32,34-37,44-45H,2-4,21-22H2,(H3,23,28,29,33)/b6-1+/t8-,15?/m1/s1. The van der Waals surface area contributed by atoms with Crippen molar-refractivity contribution in [2.45, 2.75) is 18.8 Å². The van der Waals surface area contributed by atoms with Gasteiger partial charge in [0.25, 0.3) is 0 Å². The Labute approximate surface area is 250 Å². The summed E-state index contributed by atoms with van der Waals surface area (Å²) in [7, 11) is -10.5. The number of aromatic nitrogens is 4. The van der Waals surface area contributed by atoms with E-state index in [1.807, 2.05) is 0 Å². The predicted molar refractivity (Wildman–Crippen MR) is 153 cm³/mol. The summed E-state index contributed by atoms with van der Waals surface area (Å²) in [5.41, 5.74) is 17.5. The number of imidazole rings is 1. The summed E-state index contributed by atoms with van der Waals surface area (Å²) < 4.78 is 33.7. The van der Waals surface area contributed by atoms with Crippen LogP contribution in [0.15, 0.2) is 44.8 Å². The fourth-order valence-corrected chi connectivity index (χ4v) is 6.56. The number of nitrogens with zero attached hydrogens (tertiary/aromatic N) is 4.